The Hall–Kier alpha value is -2.82. The van der Waals surface area contributed by atoms with E-state index in [0.29, 0.717) is 12.2 Å². The molecule has 0 aliphatic carbocycles. The highest BCUT2D eigenvalue weighted by Gasteiger charge is 2.26. The lowest BCUT2D eigenvalue weighted by Crippen LogP contribution is -2.53. The van der Waals surface area contributed by atoms with Crippen molar-refractivity contribution < 1.29 is 29.0 Å². The summed E-state index contributed by atoms with van der Waals surface area (Å²) >= 11 is 3.27. The van der Waals surface area contributed by atoms with Crippen LogP contribution in [0.1, 0.15) is 32.8 Å². The zero-order valence-corrected chi connectivity index (χ0v) is 19.3. The molecule has 1 aromatic rings. The zero-order valence-electron chi connectivity index (χ0n) is 17.7. The summed E-state index contributed by atoms with van der Waals surface area (Å²) in [4.78, 5) is 47.0. The summed E-state index contributed by atoms with van der Waals surface area (Å²) < 4.78 is 5.10. The van der Waals surface area contributed by atoms with Gasteiger partial charge in [-0.15, -0.1) is 0 Å². The van der Waals surface area contributed by atoms with Crippen LogP contribution in [0.15, 0.2) is 24.3 Å². The lowest BCUT2D eigenvalue weighted by atomic mass is 10.0. The summed E-state index contributed by atoms with van der Waals surface area (Å²) in [6.45, 7) is 5.51. The van der Waals surface area contributed by atoms with E-state index in [1.165, 1.54) is 6.92 Å². The van der Waals surface area contributed by atoms with E-state index in [4.69, 9.17) is 9.84 Å². The average Bonchev–Trinajstić information content (AvgIpc) is 2.71. The van der Waals surface area contributed by atoms with E-state index < -0.39 is 36.1 Å². The fraction of sp³-hybridized carbons (Fsp3) is 0.500. The van der Waals surface area contributed by atoms with Crippen LogP contribution in [-0.4, -0.2) is 53.1 Å². The molecule has 0 aliphatic rings. The van der Waals surface area contributed by atoms with E-state index in [9.17, 15) is 19.2 Å². The van der Waals surface area contributed by atoms with Crippen LogP contribution in [0.5, 0.6) is 0 Å². The van der Waals surface area contributed by atoms with Crippen molar-refractivity contribution in [3.8, 4) is 0 Å². The minimum atomic E-state index is -1.31. The SMILES string of the molecule is CC(C)[C@H](NC(=O)O)C(=O)N[C@@H](C)C(=O)Nc1ccc(COC(=O)NCCCBr)cc1. The lowest BCUT2D eigenvalue weighted by molar-refractivity contribution is -0.128. The number of anilines is 1. The van der Waals surface area contributed by atoms with E-state index in [0.717, 1.165) is 17.3 Å². The van der Waals surface area contributed by atoms with Crippen molar-refractivity contribution >= 4 is 45.6 Å². The van der Waals surface area contributed by atoms with Crippen molar-refractivity contribution in [1.82, 2.24) is 16.0 Å². The van der Waals surface area contributed by atoms with Gasteiger partial charge in [0.15, 0.2) is 0 Å². The van der Waals surface area contributed by atoms with Gasteiger partial charge in [0.05, 0.1) is 0 Å². The maximum atomic E-state index is 12.3. The van der Waals surface area contributed by atoms with Crippen LogP contribution >= 0.6 is 15.9 Å². The molecule has 172 valence electrons. The van der Waals surface area contributed by atoms with Gasteiger partial charge >= 0.3 is 12.2 Å². The minimum absolute atomic E-state index is 0.0913. The van der Waals surface area contributed by atoms with Crippen molar-refractivity contribution in [2.45, 2.75) is 45.9 Å². The second-order valence-corrected chi connectivity index (χ2v) is 7.93. The number of carbonyl (C=O) groups is 4. The minimum Gasteiger partial charge on any atom is -0.465 e. The third-order valence-electron chi connectivity index (χ3n) is 4.15. The molecule has 5 N–H and O–H groups in total. The van der Waals surface area contributed by atoms with Gasteiger partial charge in [-0.05, 0) is 37.0 Å². The number of amides is 4. The third-order valence-corrected chi connectivity index (χ3v) is 4.71. The van der Waals surface area contributed by atoms with Gasteiger partial charge in [0.2, 0.25) is 11.8 Å². The Balaban J connectivity index is 2.53. The third kappa shape index (κ3) is 10.2. The number of carboxylic acid groups (broad SMARTS) is 1. The Morgan fingerprint density at radius 1 is 1.03 bits per heavy atom. The number of alkyl carbamates (subject to hydrolysis) is 1. The Morgan fingerprint density at radius 3 is 2.23 bits per heavy atom. The van der Waals surface area contributed by atoms with Crippen molar-refractivity contribution in [1.29, 1.82) is 0 Å². The van der Waals surface area contributed by atoms with Crippen molar-refractivity contribution in [3.63, 3.8) is 0 Å². The van der Waals surface area contributed by atoms with Crippen molar-refractivity contribution in [2.24, 2.45) is 5.92 Å². The highest BCUT2D eigenvalue weighted by molar-refractivity contribution is 9.09. The fourth-order valence-electron chi connectivity index (χ4n) is 2.43. The van der Waals surface area contributed by atoms with Gasteiger partial charge in [-0.2, -0.15) is 0 Å². The second-order valence-electron chi connectivity index (χ2n) is 7.13. The highest BCUT2D eigenvalue weighted by atomic mass is 79.9. The topological polar surface area (TPSA) is 146 Å². The molecule has 0 bridgehead atoms. The van der Waals surface area contributed by atoms with Crippen molar-refractivity contribution in [3.05, 3.63) is 29.8 Å². The molecule has 0 spiro atoms. The van der Waals surface area contributed by atoms with Gasteiger partial charge in [0.1, 0.15) is 18.7 Å². The summed E-state index contributed by atoms with van der Waals surface area (Å²) in [5.74, 6) is -1.32. The van der Waals surface area contributed by atoms with Gasteiger partial charge in [0, 0.05) is 17.6 Å². The molecule has 10 nitrogen and oxygen atoms in total. The number of halogens is 1. The smallest absolute Gasteiger partial charge is 0.407 e. The Kier molecular flexibility index (Phi) is 11.4. The molecule has 1 aromatic carbocycles. The molecule has 0 unspecified atom stereocenters. The first-order valence-electron chi connectivity index (χ1n) is 9.80. The molecule has 0 saturated heterocycles. The zero-order chi connectivity index (χ0) is 23.4. The monoisotopic (exact) mass is 500 g/mol. The van der Waals surface area contributed by atoms with Crippen LogP contribution in [-0.2, 0) is 20.9 Å². The van der Waals surface area contributed by atoms with Gasteiger partial charge in [0.25, 0.3) is 0 Å². The van der Waals surface area contributed by atoms with Crippen LogP contribution in [0.4, 0.5) is 15.3 Å². The summed E-state index contributed by atoms with van der Waals surface area (Å²) in [6, 6.07) is 4.86. The molecule has 0 radical (unpaired) electrons. The first-order chi connectivity index (χ1) is 14.6. The summed E-state index contributed by atoms with van der Waals surface area (Å²) in [6.07, 6.45) is -1.01. The molecule has 0 fully saturated rings. The van der Waals surface area contributed by atoms with Gasteiger partial charge in [-0.3, -0.25) is 9.59 Å². The Bertz CT molecular complexity index is 757. The first kappa shape index (κ1) is 26.2. The predicted molar refractivity (Wildman–Crippen MR) is 119 cm³/mol. The van der Waals surface area contributed by atoms with Crippen LogP contribution < -0.4 is 21.3 Å². The number of hydrogen-bond acceptors (Lipinski definition) is 5. The average molecular weight is 501 g/mol. The van der Waals surface area contributed by atoms with Gasteiger partial charge < -0.3 is 31.1 Å². The number of rotatable bonds is 11. The fourth-order valence-corrected chi connectivity index (χ4v) is 2.71. The Morgan fingerprint density at radius 2 is 1.68 bits per heavy atom. The molecule has 1 rings (SSSR count). The highest BCUT2D eigenvalue weighted by Crippen LogP contribution is 2.11. The van der Waals surface area contributed by atoms with Crippen molar-refractivity contribution in [2.75, 3.05) is 17.2 Å². The number of benzene rings is 1. The largest absolute Gasteiger partial charge is 0.465 e. The maximum absolute atomic E-state index is 12.3. The number of carbonyl (C=O) groups excluding carboxylic acids is 3. The first-order valence-corrected chi connectivity index (χ1v) is 10.9. The summed E-state index contributed by atoms with van der Waals surface area (Å²) in [7, 11) is 0. The van der Waals surface area contributed by atoms with E-state index in [1.807, 2.05) is 0 Å². The van der Waals surface area contributed by atoms with E-state index >= 15 is 0 Å². The molecular weight excluding hydrogens is 472 g/mol. The second kappa shape index (κ2) is 13.5. The molecule has 0 saturated carbocycles. The standard InChI is InChI=1S/C20H29BrN4O6/c1-12(2)16(25-19(28)29)18(27)23-13(3)17(26)24-15-7-5-14(6-8-15)11-31-20(30)22-10-4-9-21/h5-8,12-13,16,25H,4,9-11H2,1-3H3,(H,22,30)(H,23,27)(H,24,26)(H,28,29)/t13-,16-/m0/s1. The van der Waals surface area contributed by atoms with Crippen LogP contribution in [0.25, 0.3) is 0 Å². The summed E-state index contributed by atoms with van der Waals surface area (Å²) in [5, 5.41) is 19.6. The van der Waals surface area contributed by atoms with Gasteiger partial charge in [-0.1, -0.05) is 41.9 Å². The Labute approximate surface area is 189 Å². The summed E-state index contributed by atoms with van der Waals surface area (Å²) in [5.41, 5.74) is 1.25. The van der Waals surface area contributed by atoms with Crippen LogP contribution in [0.3, 0.4) is 0 Å². The quantitative estimate of drug-likeness (QED) is 0.233. The molecule has 0 aliphatic heterocycles. The lowest BCUT2D eigenvalue weighted by Gasteiger charge is -2.22. The number of alkyl halides is 1. The number of nitrogens with one attached hydrogen (secondary N) is 4. The molecule has 11 heteroatoms. The van der Waals surface area contributed by atoms with Crippen LogP contribution in [0.2, 0.25) is 0 Å². The number of ether oxygens (including phenoxy) is 1. The molecule has 31 heavy (non-hydrogen) atoms. The van der Waals surface area contributed by atoms with E-state index in [-0.39, 0.29) is 12.5 Å². The molecule has 0 heterocycles. The van der Waals surface area contributed by atoms with E-state index in [1.54, 1.807) is 38.1 Å². The van der Waals surface area contributed by atoms with E-state index in [2.05, 4.69) is 37.2 Å². The maximum Gasteiger partial charge on any atom is 0.407 e. The van der Waals surface area contributed by atoms with Crippen LogP contribution in [0, 0.1) is 5.92 Å². The molecule has 4 amide bonds. The molecular formula is C20H29BrN4O6. The normalized spacial score (nSPS) is 12.4. The molecule has 0 aromatic heterocycles. The molecule has 2 atom stereocenters. The van der Waals surface area contributed by atoms with Gasteiger partial charge in [-0.25, -0.2) is 9.59 Å². The number of hydrogen-bond donors (Lipinski definition) is 5. The predicted octanol–water partition coefficient (Wildman–Crippen LogP) is 2.43.